The van der Waals surface area contributed by atoms with Crippen molar-refractivity contribution < 1.29 is 34.0 Å². The minimum Gasteiger partial charge on any atom is -0.504 e. The van der Waals surface area contributed by atoms with Crippen molar-refractivity contribution in [2.75, 3.05) is 14.2 Å². The van der Waals surface area contributed by atoms with Gasteiger partial charge in [-0.15, -0.1) is 0 Å². The van der Waals surface area contributed by atoms with E-state index in [2.05, 4.69) is 0 Å². The third-order valence-electron chi connectivity index (χ3n) is 9.19. The van der Waals surface area contributed by atoms with E-state index in [1.807, 2.05) is 12.1 Å². The minimum atomic E-state index is -0.534. The molecule has 0 unspecified atom stereocenters. The average molecular weight is 553 g/mol. The summed E-state index contributed by atoms with van der Waals surface area (Å²) >= 11 is 0. The molecule has 218 valence electrons. The van der Waals surface area contributed by atoms with Gasteiger partial charge in [-0.1, -0.05) is 25.0 Å². The molecule has 40 heavy (non-hydrogen) atoms. The first-order valence-corrected chi connectivity index (χ1v) is 14.6. The second-order valence-corrected chi connectivity index (χ2v) is 11.8. The molecule has 0 aliphatic heterocycles. The molecule has 0 bridgehead atoms. The third-order valence-corrected chi connectivity index (χ3v) is 9.19. The number of ketones is 1. The van der Waals surface area contributed by atoms with Crippen LogP contribution in [0, 0.1) is 11.3 Å². The normalized spacial score (nSPS) is 18.3. The lowest BCUT2D eigenvalue weighted by Crippen LogP contribution is -2.29. The highest BCUT2D eigenvalue weighted by Gasteiger charge is 2.40. The summed E-state index contributed by atoms with van der Waals surface area (Å²) in [5, 5.41) is 20.1. The van der Waals surface area contributed by atoms with Crippen LogP contribution < -0.4 is 9.47 Å². The lowest BCUT2D eigenvalue weighted by atomic mass is 9.65. The van der Waals surface area contributed by atoms with E-state index in [-0.39, 0.29) is 29.6 Å². The first-order chi connectivity index (χ1) is 19.2. The van der Waals surface area contributed by atoms with Crippen LogP contribution in [0.5, 0.6) is 23.0 Å². The van der Waals surface area contributed by atoms with Crippen LogP contribution in [0.2, 0.25) is 0 Å². The van der Waals surface area contributed by atoms with Gasteiger partial charge in [-0.25, -0.2) is 0 Å². The van der Waals surface area contributed by atoms with Gasteiger partial charge in [0.05, 0.1) is 14.2 Å². The van der Waals surface area contributed by atoms with Crippen molar-refractivity contribution in [3.05, 3.63) is 47.5 Å². The molecule has 7 heteroatoms. The topological polar surface area (TPSA) is 102 Å². The molecule has 0 heterocycles. The van der Waals surface area contributed by atoms with Crippen LogP contribution >= 0.6 is 0 Å². The lowest BCUT2D eigenvalue weighted by molar-refractivity contribution is -0.147. The monoisotopic (exact) mass is 552 g/mol. The summed E-state index contributed by atoms with van der Waals surface area (Å²) < 4.78 is 16.2. The highest BCUT2D eigenvalue weighted by molar-refractivity contribution is 5.80. The van der Waals surface area contributed by atoms with Crippen molar-refractivity contribution in [2.45, 2.75) is 96.0 Å². The largest absolute Gasteiger partial charge is 0.504 e. The Morgan fingerprint density at radius 2 is 1.52 bits per heavy atom. The van der Waals surface area contributed by atoms with Gasteiger partial charge >= 0.3 is 5.97 Å². The number of benzene rings is 2. The molecule has 2 fully saturated rings. The van der Waals surface area contributed by atoms with Gasteiger partial charge in [0.15, 0.2) is 23.0 Å². The zero-order chi connectivity index (χ0) is 28.7. The molecule has 2 N–H and O–H groups in total. The van der Waals surface area contributed by atoms with E-state index in [0.717, 1.165) is 24.0 Å². The number of esters is 1. The number of rotatable bonds is 12. The maximum Gasteiger partial charge on any atom is 0.302 e. The van der Waals surface area contributed by atoms with E-state index in [0.29, 0.717) is 42.1 Å². The number of Topliss-reactive ketones (excluding diaryl/α,β-unsaturated/α-hetero) is 1. The highest BCUT2D eigenvalue weighted by atomic mass is 16.5. The quantitative estimate of drug-likeness (QED) is 0.277. The van der Waals surface area contributed by atoms with Gasteiger partial charge in [-0.05, 0) is 104 Å². The molecule has 0 saturated heterocycles. The zero-order valence-electron chi connectivity index (χ0n) is 24.1. The van der Waals surface area contributed by atoms with Gasteiger partial charge in [0, 0.05) is 19.8 Å². The Morgan fingerprint density at radius 3 is 2.15 bits per heavy atom. The SMILES string of the molecule is COc1cc(CC[C@H](CC(=O)C[C@@H](c2ccc(O)c(OC)c2)C2CCC3(CCCC3)CC2)OC(C)=O)ccc1O. The summed E-state index contributed by atoms with van der Waals surface area (Å²) in [5.41, 5.74) is 2.43. The van der Waals surface area contributed by atoms with Gasteiger partial charge in [0.2, 0.25) is 0 Å². The van der Waals surface area contributed by atoms with Crippen LogP contribution in [-0.2, 0) is 20.7 Å². The second-order valence-electron chi connectivity index (χ2n) is 11.8. The van der Waals surface area contributed by atoms with E-state index < -0.39 is 12.1 Å². The van der Waals surface area contributed by atoms with Crippen molar-refractivity contribution in [3.63, 3.8) is 0 Å². The van der Waals surface area contributed by atoms with Crippen molar-refractivity contribution in [2.24, 2.45) is 11.3 Å². The molecule has 2 aromatic carbocycles. The maximum atomic E-state index is 13.6. The number of ether oxygens (including phenoxy) is 3. The molecule has 2 aliphatic carbocycles. The van der Waals surface area contributed by atoms with Gasteiger partial charge in [0.25, 0.3) is 0 Å². The second kappa shape index (κ2) is 13.4. The van der Waals surface area contributed by atoms with E-state index >= 15 is 0 Å². The molecule has 2 atom stereocenters. The van der Waals surface area contributed by atoms with E-state index in [1.165, 1.54) is 59.7 Å². The van der Waals surface area contributed by atoms with Crippen molar-refractivity contribution in [1.82, 2.24) is 0 Å². The number of phenolic OH excluding ortho intramolecular Hbond substituents is 2. The number of methoxy groups -OCH3 is 2. The van der Waals surface area contributed by atoms with Gasteiger partial charge < -0.3 is 24.4 Å². The van der Waals surface area contributed by atoms with Gasteiger partial charge in [0.1, 0.15) is 11.9 Å². The molecular formula is C33H44O7. The Morgan fingerprint density at radius 1 is 0.900 bits per heavy atom. The predicted octanol–water partition coefficient (Wildman–Crippen LogP) is 6.86. The van der Waals surface area contributed by atoms with E-state index in [9.17, 15) is 19.8 Å². The number of hydrogen-bond donors (Lipinski definition) is 2. The maximum absolute atomic E-state index is 13.6. The molecule has 2 aromatic rings. The van der Waals surface area contributed by atoms with Crippen LogP contribution in [0.1, 0.15) is 94.6 Å². The van der Waals surface area contributed by atoms with Crippen molar-refractivity contribution >= 4 is 11.8 Å². The number of phenols is 2. The molecule has 0 radical (unpaired) electrons. The molecule has 7 nitrogen and oxygen atoms in total. The van der Waals surface area contributed by atoms with Crippen LogP contribution in [0.4, 0.5) is 0 Å². The molecule has 0 aromatic heterocycles. The third kappa shape index (κ3) is 7.49. The first-order valence-electron chi connectivity index (χ1n) is 14.6. The predicted molar refractivity (Wildman–Crippen MR) is 153 cm³/mol. The van der Waals surface area contributed by atoms with Gasteiger partial charge in [-0.3, -0.25) is 9.59 Å². The molecule has 4 rings (SSSR count). The number of aryl methyl sites for hydroxylation is 1. The summed E-state index contributed by atoms with van der Waals surface area (Å²) in [6, 6.07) is 10.6. The first kappa shape index (κ1) is 29.8. The van der Waals surface area contributed by atoms with Crippen molar-refractivity contribution in [3.8, 4) is 23.0 Å². The minimum absolute atomic E-state index is 0.0140. The summed E-state index contributed by atoms with van der Waals surface area (Å²) in [4.78, 5) is 25.4. The van der Waals surface area contributed by atoms with Gasteiger partial charge in [-0.2, -0.15) is 0 Å². The summed E-state index contributed by atoms with van der Waals surface area (Å²) in [6.07, 6.45) is 11.0. The fourth-order valence-corrected chi connectivity index (χ4v) is 6.99. The highest BCUT2D eigenvalue weighted by Crippen LogP contribution is 2.53. The summed E-state index contributed by atoms with van der Waals surface area (Å²) in [7, 11) is 3.04. The molecule has 2 aliphatic rings. The molecule has 0 amide bonds. The zero-order valence-corrected chi connectivity index (χ0v) is 24.1. The number of carbonyl (C=O) groups is 2. The Bertz CT molecular complexity index is 1160. The smallest absolute Gasteiger partial charge is 0.302 e. The lowest BCUT2D eigenvalue weighted by Gasteiger charge is -2.40. The Kier molecular flexibility index (Phi) is 9.99. The number of carbonyl (C=O) groups excluding carboxylic acids is 2. The Balaban J connectivity index is 1.47. The summed E-state index contributed by atoms with van der Waals surface area (Å²) in [5.74, 6) is 1.00. The fraction of sp³-hybridized carbons (Fsp3) is 0.576. The number of aromatic hydroxyl groups is 2. The van der Waals surface area contributed by atoms with Crippen LogP contribution in [0.15, 0.2) is 36.4 Å². The summed E-state index contributed by atoms with van der Waals surface area (Å²) in [6.45, 7) is 1.37. The fourth-order valence-electron chi connectivity index (χ4n) is 6.99. The molecule has 2 saturated carbocycles. The van der Waals surface area contributed by atoms with E-state index in [1.54, 1.807) is 24.3 Å². The Labute approximate surface area is 237 Å². The number of hydrogen-bond acceptors (Lipinski definition) is 7. The van der Waals surface area contributed by atoms with Crippen LogP contribution in [-0.4, -0.2) is 42.3 Å². The van der Waals surface area contributed by atoms with Crippen LogP contribution in [0.25, 0.3) is 0 Å². The average Bonchev–Trinajstić information content (AvgIpc) is 3.39. The Hall–Kier alpha value is -3.22. The molecular weight excluding hydrogens is 508 g/mol. The van der Waals surface area contributed by atoms with Crippen molar-refractivity contribution in [1.29, 1.82) is 0 Å². The van der Waals surface area contributed by atoms with Crippen LogP contribution in [0.3, 0.4) is 0 Å². The molecule has 1 spiro atoms. The van der Waals surface area contributed by atoms with E-state index in [4.69, 9.17) is 14.2 Å². The standard InChI is InChI=1S/C33H44O7/c1-22(34)40-27(9-6-23-7-10-29(36)31(18-23)38-2)20-26(35)21-28(25-8-11-30(37)32(19-25)39-3)24-12-16-33(17-13-24)14-4-5-15-33/h7-8,10-11,18-19,24,27-28,36-37H,4-6,9,12-17,20-21H2,1-3H3/t27-,28-/m1/s1.